The molecular weight excluding hydrogens is 435 g/mol. The van der Waals surface area contributed by atoms with Gasteiger partial charge in [-0.3, -0.25) is 9.48 Å². The summed E-state index contributed by atoms with van der Waals surface area (Å²) in [6.45, 7) is 3.67. The summed E-state index contributed by atoms with van der Waals surface area (Å²) < 4.78 is 29.4. The van der Waals surface area contributed by atoms with Crippen LogP contribution in [0.2, 0.25) is 10.0 Å². The molecule has 0 atom stereocenters. The third kappa shape index (κ3) is 3.79. The van der Waals surface area contributed by atoms with Crippen molar-refractivity contribution in [2.75, 3.05) is 26.2 Å². The molecule has 0 bridgehead atoms. The van der Waals surface area contributed by atoms with Gasteiger partial charge in [-0.25, -0.2) is 8.42 Å². The summed E-state index contributed by atoms with van der Waals surface area (Å²) in [5.41, 5.74) is 2.27. The van der Waals surface area contributed by atoms with Crippen LogP contribution >= 0.6 is 23.2 Å². The van der Waals surface area contributed by atoms with Gasteiger partial charge < -0.3 is 4.90 Å². The van der Waals surface area contributed by atoms with Gasteiger partial charge in [0.05, 0.1) is 22.5 Å². The Kier molecular flexibility index (Phi) is 5.63. The lowest BCUT2D eigenvalue weighted by Gasteiger charge is -2.34. The minimum Gasteiger partial charge on any atom is -0.336 e. The lowest BCUT2D eigenvalue weighted by Crippen LogP contribution is -2.50. The Labute approximate surface area is 180 Å². The number of carbonyl (C=O) groups excluding carboxylic acids is 1. The van der Waals surface area contributed by atoms with Gasteiger partial charge in [0, 0.05) is 37.7 Å². The van der Waals surface area contributed by atoms with Gasteiger partial charge in [0.25, 0.3) is 5.91 Å². The van der Waals surface area contributed by atoms with Crippen molar-refractivity contribution >= 4 is 39.1 Å². The molecule has 10 heteroatoms. The summed E-state index contributed by atoms with van der Waals surface area (Å²) in [6, 6.07) is 2.95. The van der Waals surface area contributed by atoms with Crippen LogP contribution in [-0.4, -0.2) is 59.5 Å². The molecule has 0 unspecified atom stereocenters. The number of aryl methyl sites for hydroxylation is 2. The molecule has 3 heterocycles. The molecule has 29 heavy (non-hydrogen) atoms. The van der Waals surface area contributed by atoms with Crippen LogP contribution in [0.4, 0.5) is 0 Å². The lowest BCUT2D eigenvalue weighted by molar-refractivity contribution is 0.0696. The Morgan fingerprint density at radius 3 is 2.48 bits per heavy atom. The second-order valence-electron chi connectivity index (χ2n) is 7.41. The van der Waals surface area contributed by atoms with Crippen LogP contribution in [0.15, 0.2) is 23.2 Å². The average Bonchev–Trinajstić information content (AvgIpc) is 3.14. The smallest absolute Gasteiger partial charge is 0.257 e. The minimum atomic E-state index is -3.76. The highest BCUT2D eigenvalue weighted by Crippen LogP contribution is 2.31. The summed E-state index contributed by atoms with van der Waals surface area (Å²) in [4.78, 5) is 14.7. The second-order valence-corrected chi connectivity index (χ2v) is 10.1. The minimum absolute atomic E-state index is 0.0477. The van der Waals surface area contributed by atoms with Crippen LogP contribution in [0, 0.1) is 6.92 Å². The predicted molar refractivity (Wildman–Crippen MR) is 111 cm³/mol. The van der Waals surface area contributed by atoms with Crippen LogP contribution in [-0.2, 0) is 23.0 Å². The number of sulfonamides is 1. The summed E-state index contributed by atoms with van der Waals surface area (Å²) in [5.74, 6) is -0.0782. The van der Waals surface area contributed by atoms with Crippen LogP contribution in [0.1, 0.15) is 34.5 Å². The maximum atomic E-state index is 13.0. The van der Waals surface area contributed by atoms with E-state index in [0.717, 1.165) is 31.5 Å². The molecule has 2 aromatic rings. The predicted octanol–water partition coefficient (Wildman–Crippen LogP) is 2.98. The number of aromatic nitrogens is 2. The fraction of sp³-hybridized carbons (Fsp3) is 0.474. The highest BCUT2D eigenvalue weighted by molar-refractivity contribution is 7.89. The number of benzene rings is 1. The Balaban J connectivity index is 1.49. The first-order valence-electron chi connectivity index (χ1n) is 9.59. The normalized spacial score (nSPS) is 18.0. The number of carbonyl (C=O) groups is 1. The van der Waals surface area contributed by atoms with Crippen LogP contribution in [0.3, 0.4) is 0 Å². The quantitative estimate of drug-likeness (QED) is 0.711. The zero-order chi connectivity index (χ0) is 20.8. The van der Waals surface area contributed by atoms with Crippen LogP contribution in [0.25, 0.3) is 0 Å². The highest BCUT2D eigenvalue weighted by Gasteiger charge is 2.33. The van der Waals surface area contributed by atoms with E-state index in [1.807, 2.05) is 4.68 Å². The number of fused-ring (bicyclic) bond motifs is 1. The first kappa shape index (κ1) is 20.7. The molecule has 1 amide bonds. The summed E-state index contributed by atoms with van der Waals surface area (Å²) in [7, 11) is -3.76. The van der Waals surface area contributed by atoms with E-state index in [0.29, 0.717) is 29.2 Å². The molecule has 0 saturated carbocycles. The number of hydrogen-bond donors (Lipinski definition) is 0. The van der Waals surface area contributed by atoms with E-state index in [-0.39, 0.29) is 28.9 Å². The molecule has 4 rings (SSSR count). The van der Waals surface area contributed by atoms with E-state index < -0.39 is 10.0 Å². The van der Waals surface area contributed by atoms with Crippen molar-refractivity contribution in [2.24, 2.45) is 0 Å². The van der Waals surface area contributed by atoms with Gasteiger partial charge in [-0.15, -0.1) is 0 Å². The summed E-state index contributed by atoms with van der Waals surface area (Å²) in [5, 5.41) is 4.86. The third-order valence-electron chi connectivity index (χ3n) is 5.57. The zero-order valence-corrected chi connectivity index (χ0v) is 18.4. The monoisotopic (exact) mass is 456 g/mol. The fourth-order valence-corrected chi connectivity index (χ4v) is 6.10. The SMILES string of the molecule is Cc1cc(S(=O)(=O)N2CCN(C(=O)c3cnn4c3CCCC4)CC2)c(Cl)cc1Cl. The van der Waals surface area contributed by atoms with E-state index in [1.165, 1.54) is 16.4 Å². The lowest BCUT2D eigenvalue weighted by atomic mass is 10.1. The van der Waals surface area contributed by atoms with Gasteiger partial charge in [0.2, 0.25) is 10.0 Å². The number of halogens is 2. The molecular formula is C19H22Cl2N4O3S. The second kappa shape index (κ2) is 7.91. The van der Waals surface area contributed by atoms with Crippen molar-refractivity contribution in [3.05, 3.63) is 45.2 Å². The van der Waals surface area contributed by atoms with Crippen molar-refractivity contribution in [1.82, 2.24) is 19.0 Å². The third-order valence-corrected chi connectivity index (χ3v) is 8.34. The maximum absolute atomic E-state index is 13.0. The number of nitrogens with zero attached hydrogens (tertiary/aromatic N) is 4. The molecule has 2 aliphatic rings. The maximum Gasteiger partial charge on any atom is 0.257 e. The van der Waals surface area contributed by atoms with Gasteiger partial charge in [-0.1, -0.05) is 23.2 Å². The molecule has 0 radical (unpaired) electrons. The number of amides is 1. The van der Waals surface area contributed by atoms with Crippen molar-refractivity contribution in [3.8, 4) is 0 Å². The first-order chi connectivity index (χ1) is 13.8. The molecule has 1 saturated heterocycles. The molecule has 7 nitrogen and oxygen atoms in total. The number of piperazine rings is 1. The Bertz CT molecular complexity index is 1060. The van der Waals surface area contributed by atoms with Gasteiger partial charge in [0.15, 0.2) is 0 Å². The van der Waals surface area contributed by atoms with Crippen molar-refractivity contribution in [3.63, 3.8) is 0 Å². The van der Waals surface area contributed by atoms with Crippen LogP contribution < -0.4 is 0 Å². The largest absolute Gasteiger partial charge is 0.336 e. The van der Waals surface area contributed by atoms with E-state index in [2.05, 4.69) is 5.10 Å². The van der Waals surface area contributed by atoms with Gasteiger partial charge >= 0.3 is 0 Å². The Morgan fingerprint density at radius 2 is 1.76 bits per heavy atom. The van der Waals surface area contributed by atoms with E-state index in [4.69, 9.17) is 23.2 Å². The molecule has 1 fully saturated rings. The zero-order valence-electron chi connectivity index (χ0n) is 16.1. The Hall–Kier alpha value is -1.61. The van der Waals surface area contributed by atoms with Gasteiger partial charge in [-0.05, 0) is 43.9 Å². The van der Waals surface area contributed by atoms with Crippen molar-refractivity contribution in [2.45, 2.75) is 37.6 Å². The molecule has 0 N–H and O–H groups in total. The molecule has 1 aromatic carbocycles. The topological polar surface area (TPSA) is 75.5 Å². The number of hydrogen-bond acceptors (Lipinski definition) is 4. The summed E-state index contributed by atoms with van der Waals surface area (Å²) in [6.07, 6.45) is 4.62. The van der Waals surface area contributed by atoms with Crippen molar-refractivity contribution < 1.29 is 13.2 Å². The highest BCUT2D eigenvalue weighted by atomic mass is 35.5. The standard InChI is InChI=1S/C19H22Cl2N4O3S/c1-13-10-18(16(21)11-15(13)20)29(27,28)24-8-6-23(7-9-24)19(26)14-12-22-25-5-3-2-4-17(14)25/h10-12H,2-9H2,1H3. The first-order valence-corrected chi connectivity index (χ1v) is 11.8. The fourth-order valence-electron chi connectivity index (χ4n) is 3.87. The van der Waals surface area contributed by atoms with E-state index >= 15 is 0 Å². The van der Waals surface area contributed by atoms with Crippen molar-refractivity contribution in [1.29, 1.82) is 0 Å². The molecule has 2 aliphatic heterocycles. The average molecular weight is 457 g/mol. The van der Waals surface area contributed by atoms with Gasteiger partial charge in [-0.2, -0.15) is 9.40 Å². The van der Waals surface area contributed by atoms with Gasteiger partial charge in [0.1, 0.15) is 4.90 Å². The Morgan fingerprint density at radius 1 is 1.03 bits per heavy atom. The van der Waals surface area contributed by atoms with Crippen LogP contribution in [0.5, 0.6) is 0 Å². The van der Waals surface area contributed by atoms with E-state index in [9.17, 15) is 13.2 Å². The summed E-state index contributed by atoms with van der Waals surface area (Å²) >= 11 is 12.2. The number of rotatable bonds is 3. The molecule has 156 valence electrons. The van der Waals surface area contributed by atoms with E-state index in [1.54, 1.807) is 18.0 Å². The molecule has 0 spiro atoms. The molecule has 1 aromatic heterocycles. The molecule has 0 aliphatic carbocycles.